The predicted molar refractivity (Wildman–Crippen MR) is 75.8 cm³/mol. The second-order valence-electron chi connectivity index (χ2n) is 6.25. The summed E-state index contributed by atoms with van der Waals surface area (Å²) in [6.07, 6.45) is 3.50. The molecule has 0 spiro atoms. The molecule has 0 amide bonds. The smallest absolute Gasteiger partial charge is 0.0968 e. The van der Waals surface area contributed by atoms with Crippen molar-refractivity contribution in [1.82, 2.24) is 4.90 Å². The lowest BCUT2D eigenvalue weighted by Gasteiger charge is -2.37. The second-order valence-corrected chi connectivity index (χ2v) is 6.25. The van der Waals surface area contributed by atoms with Crippen LogP contribution in [0.4, 0.5) is 0 Å². The topological polar surface area (TPSA) is 23.5 Å². The molecule has 2 nitrogen and oxygen atoms in total. The van der Waals surface area contributed by atoms with Crippen molar-refractivity contribution in [2.24, 2.45) is 0 Å². The van der Waals surface area contributed by atoms with Gasteiger partial charge in [0.1, 0.15) is 0 Å². The first-order valence-corrected chi connectivity index (χ1v) is 6.88. The van der Waals surface area contributed by atoms with E-state index in [4.69, 9.17) is 0 Å². The lowest BCUT2D eigenvalue weighted by Crippen LogP contribution is -2.43. The number of hydrogen-bond acceptors (Lipinski definition) is 2. The highest BCUT2D eigenvalue weighted by Gasteiger charge is 2.31. The molecule has 1 unspecified atom stereocenters. The molecule has 1 aromatic carbocycles. The monoisotopic (exact) mass is 247 g/mol. The third-order valence-electron chi connectivity index (χ3n) is 4.62. The van der Waals surface area contributed by atoms with Crippen LogP contribution >= 0.6 is 0 Å². The molecule has 0 aromatic heterocycles. The summed E-state index contributed by atoms with van der Waals surface area (Å²) in [4.78, 5) is 2.08. The second kappa shape index (κ2) is 5.02. The van der Waals surface area contributed by atoms with Crippen molar-refractivity contribution in [3.8, 4) is 0 Å². The van der Waals surface area contributed by atoms with Crippen molar-refractivity contribution in [3.63, 3.8) is 0 Å². The summed E-state index contributed by atoms with van der Waals surface area (Å²) in [5.41, 5.74) is 2.18. The highest BCUT2D eigenvalue weighted by molar-refractivity contribution is 5.30. The van der Waals surface area contributed by atoms with Crippen LogP contribution in [0.5, 0.6) is 0 Å². The average molecular weight is 247 g/mol. The van der Waals surface area contributed by atoms with Gasteiger partial charge in [-0.1, -0.05) is 30.7 Å². The Morgan fingerprint density at radius 3 is 2.44 bits per heavy atom. The van der Waals surface area contributed by atoms with E-state index >= 15 is 0 Å². The van der Waals surface area contributed by atoms with Gasteiger partial charge in [0.25, 0.3) is 0 Å². The highest BCUT2D eigenvalue weighted by Crippen LogP contribution is 2.38. The van der Waals surface area contributed by atoms with Crippen molar-refractivity contribution in [1.29, 1.82) is 0 Å². The standard InChI is InChI=1S/C16H25NO/c1-16(2,17(3)4)15(18)14-10-6-9-13(11-14)12-7-5-8-12/h6,9-12,15,18H,5,7-8H2,1-4H3. The first-order chi connectivity index (χ1) is 8.43. The van der Waals surface area contributed by atoms with E-state index < -0.39 is 6.10 Å². The van der Waals surface area contributed by atoms with Gasteiger partial charge in [0.2, 0.25) is 0 Å². The number of rotatable bonds is 4. The van der Waals surface area contributed by atoms with Crippen LogP contribution in [0.1, 0.15) is 56.3 Å². The molecule has 1 aromatic rings. The van der Waals surface area contributed by atoms with E-state index in [1.165, 1.54) is 24.8 Å². The molecule has 1 saturated carbocycles. The zero-order valence-corrected chi connectivity index (χ0v) is 12.0. The molecule has 1 N–H and O–H groups in total. The number of aliphatic hydroxyl groups is 1. The van der Waals surface area contributed by atoms with Gasteiger partial charge in [0.15, 0.2) is 0 Å². The molecule has 1 atom stereocenters. The zero-order chi connectivity index (χ0) is 13.3. The fraction of sp³-hybridized carbons (Fsp3) is 0.625. The van der Waals surface area contributed by atoms with Gasteiger partial charge in [-0.3, -0.25) is 0 Å². The number of benzene rings is 1. The molecule has 2 heteroatoms. The van der Waals surface area contributed by atoms with E-state index in [1.807, 2.05) is 20.2 Å². The minimum Gasteiger partial charge on any atom is -0.386 e. The van der Waals surface area contributed by atoms with Crippen molar-refractivity contribution in [2.75, 3.05) is 14.1 Å². The molecule has 0 heterocycles. The molecule has 0 saturated heterocycles. The normalized spacial score (nSPS) is 18.8. The summed E-state index contributed by atoms with van der Waals surface area (Å²) in [7, 11) is 4.03. The van der Waals surface area contributed by atoms with Gasteiger partial charge in [-0.2, -0.15) is 0 Å². The fourth-order valence-corrected chi connectivity index (χ4v) is 2.38. The Morgan fingerprint density at radius 1 is 1.28 bits per heavy atom. The van der Waals surface area contributed by atoms with Gasteiger partial charge in [-0.25, -0.2) is 0 Å². The van der Waals surface area contributed by atoms with Crippen LogP contribution in [0, 0.1) is 0 Å². The Kier molecular flexibility index (Phi) is 3.79. The van der Waals surface area contributed by atoms with E-state index in [1.54, 1.807) is 0 Å². The van der Waals surface area contributed by atoms with Crippen LogP contribution in [0.15, 0.2) is 24.3 Å². The third-order valence-corrected chi connectivity index (χ3v) is 4.62. The van der Waals surface area contributed by atoms with E-state index in [-0.39, 0.29) is 5.54 Å². The largest absolute Gasteiger partial charge is 0.386 e. The molecule has 1 aliphatic rings. The third kappa shape index (κ3) is 2.45. The number of hydrogen-bond donors (Lipinski definition) is 1. The first kappa shape index (κ1) is 13.6. The maximum absolute atomic E-state index is 10.6. The van der Waals surface area contributed by atoms with Gasteiger partial charge in [-0.15, -0.1) is 0 Å². The van der Waals surface area contributed by atoms with Gasteiger partial charge in [0.05, 0.1) is 6.10 Å². The highest BCUT2D eigenvalue weighted by atomic mass is 16.3. The van der Waals surface area contributed by atoms with Crippen LogP contribution in [0.2, 0.25) is 0 Å². The summed E-state index contributed by atoms with van der Waals surface area (Å²) >= 11 is 0. The maximum atomic E-state index is 10.6. The fourth-order valence-electron chi connectivity index (χ4n) is 2.38. The van der Waals surface area contributed by atoms with Crippen LogP contribution in [-0.4, -0.2) is 29.6 Å². The summed E-state index contributed by atoms with van der Waals surface area (Å²) < 4.78 is 0. The number of likely N-dealkylation sites (N-methyl/N-ethyl adjacent to an activating group) is 1. The van der Waals surface area contributed by atoms with Crippen LogP contribution in [0.3, 0.4) is 0 Å². The van der Waals surface area contributed by atoms with Crippen LogP contribution in [0.25, 0.3) is 0 Å². The Labute approximate surface area is 111 Å². The summed E-state index contributed by atoms with van der Waals surface area (Å²) in [5, 5.41) is 10.6. The quantitative estimate of drug-likeness (QED) is 0.882. The molecule has 1 aliphatic carbocycles. The van der Waals surface area contributed by atoms with Crippen molar-refractivity contribution in [2.45, 2.75) is 50.7 Å². The average Bonchev–Trinajstić information content (AvgIpc) is 2.26. The Hall–Kier alpha value is -0.860. The number of nitrogens with zero attached hydrogens (tertiary/aromatic N) is 1. The minimum absolute atomic E-state index is 0.252. The van der Waals surface area contributed by atoms with E-state index in [9.17, 15) is 5.11 Å². The minimum atomic E-state index is -0.451. The molecule has 0 bridgehead atoms. The Bertz CT molecular complexity index is 407. The van der Waals surface area contributed by atoms with Crippen LogP contribution in [-0.2, 0) is 0 Å². The van der Waals surface area contributed by atoms with E-state index in [0.29, 0.717) is 0 Å². The molecule has 1 fully saturated rings. The molecule has 0 radical (unpaired) electrons. The van der Waals surface area contributed by atoms with Gasteiger partial charge in [-0.05, 0) is 57.8 Å². The Balaban J connectivity index is 2.22. The summed E-state index contributed by atoms with van der Waals surface area (Å²) in [6.45, 7) is 4.15. The summed E-state index contributed by atoms with van der Waals surface area (Å²) in [5.74, 6) is 0.722. The maximum Gasteiger partial charge on any atom is 0.0968 e. The SMILES string of the molecule is CN(C)C(C)(C)C(O)c1cccc(C2CCC2)c1. The van der Waals surface area contributed by atoms with Crippen molar-refractivity contribution in [3.05, 3.63) is 35.4 Å². The summed E-state index contributed by atoms with van der Waals surface area (Å²) in [6, 6.07) is 8.51. The Morgan fingerprint density at radius 2 is 1.94 bits per heavy atom. The van der Waals surface area contributed by atoms with E-state index in [2.05, 4.69) is 36.9 Å². The molecule has 18 heavy (non-hydrogen) atoms. The molecular formula is C16H25NO. The van der Waals surface area contributed by atoms with Gasteiger partial charge in [0, 0.05) is 5.54 Å². The lowest BCUT2D eigenvalue weighted by atomic mass is 9.79. The van der Waals surface area contributed by atoms with Crippen molar-refractivity contribution < 1.29 is 5.11 Å². The molecule has 0 aliphatic heterocycles. The van der Waals surface area contributed by atoms with Crippen molar-refractivity contribution >= 4 is 0 Å². The van der Waals surface area contributed by atoms with E-state index in [0.717, 1.165) is 11.5 Å². The number of aliphatic hydroxyl groups excluding tert-OH is 1. The van der Waals surface area contributed by atoms with Gasteiger partial charge < -0.3 is 10.0 Å². The van der Waals surface area contributed by atoms with Gasteiger partial charge >= 0.3 is 0 Å². The van der Waals surface area contributed by atoms with Crippen LogP contribution < -0.4 is 0 Å². The lowest BCUT2D eigenvalue weighted by molar-refractivity contribution is 0.0163. The zero-order valence-electron chi connectivity index (χ0n) is 12.0. The molecule has 100 valence electrons. The molecular weight excluding hydrogens is 222 g/mol. The predicted octanol–water partition coefficient (Wildman–Crippen LogP) is 3.33. The first-order valence-electron chi connectivity index (χ1n) is 6.88. The molecule has 2 rings (SSSR count).